The lowest BCUT2D eigenvalue weighted by atomic mass is 9.84. The fourth-order valence-electron chi connectivity index (χ4n) is 4.96. The Morgan fingerprint density at radius 2 is 1.77 bits per heavy atom. The highest BCUT2D eigenvalue weighted by atomic mass is 16.5. The number of carbonyl (C=O) groups excluding carboxylic acids is 2. The summed E-state index contributed by atoms with van der Waals surface area (Å²) in [6.45, 7) is 1.25. The number of methoxy groups -OCH3 is 3. The van der Waals surface area contributed by atoms with Crippen molar-refractivity contribution in [1.29, 1.82) is 0 Å². The first-order valence-electron chi connectivity index (χ1n) is 12.2. The number of amides is 2. The quantitative estimate of drug-likeness (QED) is 0.546. The van der Waals surface area contributed by atoms with Gasteiger partial charge in [-0.05, 0) is 61.8 Å². The highest BCUT2D eigenvalue weighted by Crippen LogP contribution is 2.35. The standard InChI is InChI=1S/C27H35N3O5/c1-29(26(31)20-8-9-20)23(17-18-6-5-7-21(16-18)33-2)19-12-14-30(15-13-19)27(32)22-10-11-24(34-3)28-25(22)35-4/h5-7,10-11,16,19-20,23H,8-9,12-15,17H2,1-4H3/t23-/m1/s1. The monoisotopic (exact) mass is 481 g/mol. The van der Waals surface area contributed by atoms with Crippen molar-refractivity contribution in [2.45, 2.75) is 38.1 Å². The van der Waals surface area contributed by atoms with Gasteiger partial charge in [-0.15, -0.1) is 0 Å². The summed E-state index contributed by atoms with van der Waals surface area (Å²) in [6, 6.07) is 11.5. The zero-order chi connectivity index (χ0) is 24.9. The fourth-order valence-corrected chi connectivity index (χ4v) is 4.96. The third kappa shape index (κ3) is 5.69. The Morgan fingerprint density at radius 1 is 1.03 bits per heavy atom. The van der Waals surface area contributed by atoms with E-state index in [9.17, 15) is 9.59 Å². The number of likely N-dealkylation sites (N-methyl/N-ethyl adjacent to an activating group) is 1. The van der Waals surface area contributed by atoms with Crippen LogP contribution in [-0.4, -0.2) is 74.1 Å². The number of nitrogens with zero attached hydrogens (tertiary/aromatic N) is 3. The molecule has 0 N–H and O–H groups in total. The smallest absolute Gasteiger partial charge is 0.259 e. The van der Waals surface area contributed by atoms with Gasteiger partial charge in [0.15, 0.2) is 0 Å². The van der Waals surface area contributed by atoms with E-state index in [-0.39, 0.29) is 29.7 Å². The maximum absolute atomic E-state index is 13.2. The molecule has 1 aliphatic carbocycles. The van der Waals surface area contributed by atoms with Crippen LogP contribution in [0.3, 0.4) is 0 Å². The van der Waals surface area contributed by atoms with Crippen molar-refractivity contribution in [3.63, 3.8) is 0 Å². The van der Waals surface area contributed by atoms with Crippen molar-refractivity contribution in [2.75, 3.05) is 41.5 Å². The van der Waals surface area contributed by atoms with Crippen molar-refractivity contribution in [3.05, 3.63) is 47.5 Å². The van der Waals surface area contributed by atoms with Crippen LogP contribution in [0, 0.1) is 11.8 Å². The number of aromatic nitrogens is 1. The molecule has 188 valence electrons. The van der Waals surface area contributed by atoms with Gasteiger partial charge >= 0.3 is 0 Å². The van der Waals surface area contributed by atoms with Gasteiger partial charge in [0.2, 0.25) is 17.7 Å². The normalized spacial score (nSPS) is 17.0. The maximum Gasteiger partial charge on any atom is 0.259 e. The molecular weight excluding hydrogens is 446 g/mol. The summed E-state index contributed by atoms with van der Waals surface area (Å²) < 4.78 is 15.9. The van der Waals surface area contributed by atoms with E-state index in [1.165, 1.54) is 14.2 Å². The van der Waals surface area contributed by atoms with Crippen molar-refractivity contribution >= 4 is 11.8 Å². The largest absolute Gasteiger partial charge is 0.497 e. The molecular formula is C27H35N3O5. The maximum atomic E-state index is 13.2. The van der Waals surface area contributed by atoms with Gasteiger partial charge in [-0.1, -0.05) is 12.1 Å². The van der Waals surface area contributed by atoms with Gasteiger partial charge < -0.3 is 24.0 Å². The van der Waals surface area contributed by atoms with Crippen LogP contribution in [0.4, 0.5) is 0 Å². The van der Waals surface area contributed by atoms with Crippen LogP contribution in [0.1, 0.15) is 41.6 Å². The molecule has 2 amide bonds. The predicted octanol–water partition coefficient (Wildman–Crippen LogP) is 3.44. The second-order valence-electron chi connectivity index (χ2n) is 9.39. The number of benzene rings is 1. The van der Waals surface area contributed by atoms with Gasteiger partial charge in [-0.25, -0.2) is 0 Å². The molecule has 1 atom stereocenters. The summed E-state index contributed by atoms with van der Waals surface area (Å²) in [7, 11) is 6.64. The van der Waals surface area contributed by atoms with Gasteiger partial charge in [-0.2, -0.15) is 4.98 Å². The molecule has 2 aromatic rings. The van der Waals surface area contributed by atoms with E-state index in [1.54, 1.807) is 19.2 Å². The molecule has 0 unspecified atom stereocenters. The Labute approximate surface area is 207 Å². The highest BCUT2D eigenvalue weighted by molar-refractivity contribution is 5.96. The molecule has 0 radical (unpaired) electrons. The lowest BCUT2D eigenvalue weighted by molar-refractivity contribution is -0.134. The first-order valence-corrected chi connectivity index (χ1v) is 12.2. The van der Waals surface area contributed by atoms with E-state index in [4.69, 9.17) is 14.2 Å². The van der Waals surface area contributed by atoms with E-state index in [2.05, 4.69) is 11.1 Å². The molecule has 2 heterocycles. The Hall–Kier alpha value is -3.29. The number of carbonyl (C=O) groups is 2. The minimum absolute atomic E-state index is 0.0737. The van der Waals surface area contributed by atoms with Gasteiger partial charge in [-0.3, -0.25) is 9.59 Å². The van der Waals surface area contributed by atoms with Crippen molar-refractivity contribution in [1.82, 2.24) is 14.8 Å². The van der Waals surface area contributed by atoms with Crippen LogP contribution >= 0.6 is 0 Å². The summed E-state index contributed by atoms with van der Waals surface area (Å²) in [4.78, 5) is 34.3. The summed E-state index contributed by atoms with van der Waals surface area (Å²) in [5, 5.41) is 0. The summed E-state index contributed by atoms with van der Waals surface area (Å²) in [5.41, 5.74) is 1.58. The molecule has 0 spiro atoms. The lowest BCUT2D eigenvalue weighted by Crippen LogP contribution is -2.48. The first kappa shape index (κ1) is 24.8. The summed E-state index contributed by atoms with van der Waals surface area (Å²) in [5.74, 6) is 2.11. The number of pyridine rings is 1. The minimum atomic E-state index is -0.0952. The second kappa shape index (κ2) is 11.0. The van der Waals surface area contributed by atoms with Crippen molar-refractivity contribution in [2.24, 2.45) is 11.8 Å². The minimum Gasteiger partial charge on any atom is -0.497 e. The lowest BCUT2D eigenvalue weighted by Gasteiger charge is -2.40. The van der Waals surface area contributed by atoms with Gasteiger partial charge in [0, 0.05) is 38.2 Å². The average Bonchev–Trinajstić information content (AvgIpc) is 3.76. The Kier molecular flexibility index (Phi) is 7.78. The van der Waals surface area contributed by atoms with E-state index in [1.807, 2.05) is 35.0 Å². The number of rotatable bonds is 9. The molecule has 1 saturated carbocycles. The van der Waals surface area contributed by atoms with Crippen LogP contribution < -0.4 is 14.2 Å². The molecule has 8 heteroatoms. The zero-order valence-electron chi connectivity index (χ0n) is 21.0. The van der Waals surface area contributed by atoms with Crippen LogP contribution in [0.5, 0.6) is 17.5 Å². The van der Waals surface area contributed by atoms with Crippen LogP contribution in [0.15, 0.2) is 36.4 Å². The topological polar surface area (TPSA) is 81.2 Å². The van der Waals surface area contributed by atoms with Crippen molar-refractivity contribution in [3.8, 4) is 17.5 Å². The van der Waals surface area contributed by atoms with E-state index in [0.717, 1.165) is 43.4 Å². The molecule has 1 aromatic heterocycles. The van der Waals surface area contributed by atoms with Crippen LogP contribution in [-0.2, 0) is 11.2 Å². The average molecular weight is 482 g/mol. The van der Waals surface area contributed by atoms with Gasteiger partial charge in [0.05, 0.1) is 21.3 Å². The Bertz CT molecular complexity index is 1050. The predicted molar refractivity (Wildman–Crippen MR) is 132 cm³/mol. The first-order chi connectivity index (χ1) is 16.9. The SMILES string of the molecule is COc1cccc(C[C@H](C2CCN(C(=O)c3ccc(OC)nc3OC)CC2)N(C)C(=O)C2CC2)c1. The van der Waals surface area contributed by atoms with E-state index < -0.39 is 0 Å². The fraction of sp³-hybridized carbons (Fsp3) is 0.519. The third-order valence-corrected chi connectivity index (χ3v) is 7.19. The van der Waals surface area contributed by atoms with Gasteiger partial charge in [0.1, 0.15) is 11.3 Å². The number of piperidine rings is 1. The number of likely N-dealkylation sites (tertiary alicyclic amines) is 1. The Morgan fingerprint density at radius 3 is 2.40 bits per heavy atom. The van der Waals surface area contributed by atoms with E-state index >= 15 is 0 Å². The molecule has 0 bridgehead atoms. The summed E-state index contributed by atoms with van der Waals surface area (Å²) in [6.07, 6.45) is 4.39. The number of hydrogen-bond acceptors (Lipinski definition) is 6. The molecule has 4 rings (SSSR count). The third-order valence-electron chi connectivity index (χ3n) is 7.19. The van der Waals surface area contributed by atoms with E-state index in [0.29, 0.717) is 30.5 Å². The molecule has 2 fully saturated rings. The van der Waals surface area contributed by atoms with Crippen molar-refractivity contribution < 1.29 is 23.8 Å². The van der Waals surface area contributed by atoms with Crippen LogP contribution in [0.25, 0.3) is 0 Å². The number of ether oxygens (including phenoxy) is 3. The molecule has 2 aliphatic rings. The van der Waals surface area contributed by atoms with Crippen LogP contribution in [0.2, 0.25) is 0 Å². The zero-order valence-corrected chi connectivity index (χ0v) is 21.0. The summed E-state index contributed by atoms with van der Waals surface area (Å²) >= 11 is 0. The number of hydrogen-bond donors (Lipinski definition) is 0. The Balaban J connectivity index is 1.47. The molecule has 35 heavy (non-hydrogen) atoms. The molecule has 1 aromatic carbocycles. The second-order valence-corrected chi connectivity index (χ2v) is 9.39. The molecule has 1 saturated heterocycles. The van der Waals surface area contributed by atoms with Gasteiger partial charge in [0.25, 0.3) is 5.91 Å². The highest BCUT2D eigenvalue weighted by Gasteiger charge is 2.38. The molecule has 1 aliphatic heterocycles. The molecule has 8 nitrogen and oxygen atoms in total.